The highest BCUT2D eigenvalue weighted by Gasteiger charge is 2.19. The molecule has 1 aliphatic heterocycles. The summed E-state index contributed by atoms with van der Waals surface area (Å²) in [6, 6.07) is 13.5. The Morgan fingerprint density at radius 2 is 1.77 bits per heavy atom. The third-order valence-corrected chi connectivity index (χ3v) is 4.78. The Balaban J connectivity index is 1.75. The van der Waals surface area contributed by atoms with Crippen molar-refractivity contribution in [2.75, 3.05) is 43.4 Å². The van der Waals surface area contributed by atoms with E-state index in [4.69, 9.17) is 4.98 Å². The van der Waals surface area contributed by atoms with Gasteiger partial charge in [0.25, 0.3) is 0 Å². The average Bonchev–Trinajstić information content (AvgIpc) is 2.65. The zero-order chi connectivity index (χ0) is 18.1. The van der Waals surface area contributed by atoms with Crippen LogP contribution in [0.2, 0.25) is 0 Å². The molecule has 0 spiro atoms. The van der Waals surface area contributed by atoms with Crippen molar-refractivity contribution in [3.8, 4) is 5.75 Å². The first-order valence-electron chi connectivity index (χ1n) is 8.87. The predicted octanol–water partition coefficient (Wildman–Crippen LogP) is 3.14. The first kappa shape index (κ1) is 16.6. The number of likely N-dealkylation sites (N-methyl/N-ethyl adjacent to an activating group) is 1. The number of aryl methyl sites for hydroxylation is 1. The summed E-state index contributed by atoms with van der Waals surface area (Å²) in [5, 5.41) is 14.4. The zero-order valence-corrected chi connectivity index (χ0v) is 15.1. The summed E-state index contributed by atoms with van der Waals surface area (Å²) < 4.78 is 0. The number of fused-ring (bicyclic) bond motifs is 1. The molecule has 0 radical (unpaired) electrons. The molecule has 1 aliphatic rings. The highest BCUT2D eigenvalue weighted by molar-refractivity contribution is 5.91. The molecule has 1 aromatic heterocycles. The summed E-state index contributed by atoms with van der Waals surface area (Å²) >= 11 is 0. The number of nitrogens with one attached hydrogen (secondary N) is 1. The summed E-state index contributed by atoms with van der Waals surface area (Å²) in [6.07, 6.45) is 0. The Hall–Kier alpha value is -2.86. The molecule has 6 heteroatoms. The van der Waals surface area contributed by atoms with Crippen molar-refractivity contribution in [3.05, 3.63) is 48.0 Å². The van der Waals surface area contributed by atoms with Gasteiger partial charge in [0.1, 0.15) is 11.6 Å². The van der Waals surface area contributed by atoms with Crippen LogP contribution in [0.25, 0.3) is 10.9 Å². The second kappa shape index (κ2) is 6.80. The Morgan fingerprint density at radius 3 is 2.58 bits per heavy atom. The molecule has 2 N–H and O–H groups in total. The Bertz CT molecular complexity index is 935. The van der Waals surface area contributed by atoms with E-state index in [1.807, 2.05) is 37.3 Å². The van der Waals surface area contributed by atoms with Gasteiger partial charge in [-0.15, -0.1) is 0 Å². The smallest absolute Gasteiger partial charge is 0.229 e. The van der Waals surface area contributed by atoms with E-state index in [2.05, 4.69) is 33.2 Å². The number of aromatic nitrogens is 2. The van der Waals surface area contributed by atoms with Crippen molar-refractivity contribution in [1.82, 2.24) is 14.9 Å². The number of anilines is 3. The number of hydrogen-bond donors (Lipinski definition) is 2. The van der Waals surface area contributed by atoms with Crippen LogP contribution in [0, 0.1) is 6.92 Å². The molecule has 3 aromatic rings. The number of phenols is 1. The number of aromatic hydroxyl groups is 1. The molecule has 4 rings (SSSR count). The molecular weight excluding hydrogens is 326 g/mol. The third-order valence-electron chi connectivity index (χ3n) is 4.78. The molecule has 2 heterocycles. The van der Waals surface area contributed by atoms with E-state index in [-0.39, 0.29) is 5.75 Å². The van der Waals surface area contributed by atoms with Crippen LogP contribution < -0.4 is 10.2 Å². The monoisotopic (exact) mass is 349 g/mol. The molecule has 0 amide bonds. The van der Waals surface area contributed by atoms with Crippen molar-refractivity contribution in [2.24, 2.45) is 0 Å². The lowest BCUT2D eigenvalue weighted by atomic mass is 10.2. The van der Waals surface area contributed by atoms with Crippen molar-refractivity contribution >= 4 is 28.4 Å². The van der Waals surface area contributed by atoms with Crippen molar-refractivity contribution in [3.63, 3.8) is 0 Å². The second-order valence-corrected chi connectivity index (χ2v) is 6.82. The summed E-state index contributed by atoms with van der Waals surface area (Å²) in [4.78, 5) is 14.1. The minimum Gasteiger partial charge on any atom is -0.506 e. The molecule has 0 atom stereocenters. The van der Waals surface area contributed by atoms with Gasteiger partial charge in [0, 0.05) is 31.6 Å². The number of nitrogens with zero attached hydrogens (tertiary/aromatic N) is 4. The average molecular weight is 349 g/mol. The Labute approximate surface area is 153 Å². The number of piperazine rings is 1. The first-order valence-corrected chi connectivity index (χ1v) is 8.87. The van der Waals surface area contributed by atoms with E-state index in [0.717, 1.165) is 48.5 Å². The standard InChI is InChI=1S/C20H23N5O/c1-14-7-8-18(26)17(13-14)22-20-21-16-6-4-3-5-15(16)19(23-20)25-11-9-24(2)10-12-25/h3-8,13,26H,9-12H2,1-2H3,(H,21,22,23). The van der Waals surface area contributed by atoms with Crippen LogP contribution >= 0.6 is 0 Å². The van der Waals surface area contributed by atoms with Crippen LogP contribution in [-0.2, 0) is 0 Å². The van der Waals surface area contributed by atoms with Crippen molar-refractivity contribution < 1.29 is 5.11 Å². The summed E-state index contributed by atoms with van der Waals surface area (Å²) in [7, 11) is 2.14. The van der Waals surface area contributed by atoms with Crippen molar-refractivity contribution in [1.29, 1.82) is 0 Å². The SMILES string of the molecule is Cc1ccc(O)c(Nc2nc(N3CCN(C)CC3)c3ccccc3n2)c1. The number of hydrogen-bond acceptors (Lipinski definition) is 6. The fraction of sp³-hybridized carbons (Fsp3) is 0.300. The van der Waals surface area contributed by atoms with Gasteiger partial charge in [0.15, 0.2) is 0 Å². The molecule has 134 valence electrons. The fourth-order valence-electron chi connectivity index (χ4n) is 3.25. The van der Waals surface area contributed by atoms with Crippen molar-refractivity contribution in [2.45, 2.75) is 6.92 Å². The summed E-state index contributed by atoms with van der Waals surface area (Å²) in [5.74, 6) is 1.63. The topological polar surface area (TPSA) is 64.5 Å². The lowest BCUT2D eigenvalue weighted by Crippen LogP contribution is -2.45. The molecule has 0 bridgehead atoms. The Morgan fingerprint density at radius 1 is 1.00 bits per heavy atom. The molecule has 1 fully saturated rings. The lowest BCUT2D eigenvalue weighted by Gasteiger charge is -2.33. The van der Waals surface area contributed by atoms with E-state index >= 15 is 0 Å². The maximum atomic E-state index is 10.1. The molecule has 0 unspecified atom stereocenters. The molecule has 0 aliphatic carbocycles. The van der Waals surface area contributed by atoms with Gasteiger partial charge >= 0.3 is 0 Å². The van der Waals surface area contributed by atoms with Gasteiger partial charge in [-0.1, -0.05) is 18.2 Å². The largest absolute Gasteiger partial charge is 0.506 e. The quantitative estimate of drug-likeness (QED) is 0.708. The summed E-state index contributed by atoms with van der Waals surface area (Å²) in [6.45, 7) is 5.89. The van der Waals surface area contributed by atoms with Gasteiger partial charge in [0.2, 0.25) is 5.95 Å². The number of para-hydroxylation sites is 1. The minimum atomic E-state index is 0.188. The predicted molar refractivity (Wildman–Crippen MR) is 105 cm³/mol. The normalized spacial score (nSPS) is 15.4. The van der Waals surface area contributed by atoms with Gasteiger partial charge in [-0.3, -0.25) is 0 Å². The van der Waals surface area contributed by atoms with Crippen LogP contribution in [0.4, 0.5) is 17.5 Å². The molecule has 6 nitrogen and oxygen atoms in total. The van der Waals surface area contributed by atoms with Crippen LogP contribution in [0.1, 0.15) is 5.56 Å². The minimum absolute atomic E-state index is 0.188. The van der Waals surface area contributed by atoms with E-state index in [9.17, 15) is 5.11 Å². The number of benzene rings is 2. The number of rotatable bonds is 3. The van der Waals surface area contributed by atoms with Gasteiger partial charge in [-0.05, 0) is 43.8 Å². The van der Waals surface area contributed by atoms with Crippen LogP contribution in [-0.4, -0.2) is 53.2 Å². The highest BCUT2D eigenvalue weighted by Crippen LogP contribution is 2.30. The molecule has 1 saturated heterocycles. The second-order valence-electron chi connectivity index (χ2n) is 6.82. The Kier molecular flexibility index (Phi) is 4.34. The van der Waals surface area contributed by atoms with E-state index in [1.54, 1.807) is 6.07 Å². The van der Waals surface area contributed by atoms with E-state index < -0.39 is 0 Å². The van der Waals surface area contributed by atoms with Gasteiger partial charge in [-0.2, -0.15) is 4.98 Å². The molecule has 0 saturated carbocycles. The van der Waals surface area contributed by atoms with Gasteiger partial charge in [-0.25, -0.2) is 4.98 Å². The van der Waals surface area contributed by atoms with Gasteiger partial charge in [0.05, 0.1) is 11.2 Å². The third kappa shape index (κ3) is 3.28. The molecule has 26 heavy (non-hydrogen) atoms. The summed E-state index contributed by atoms with van der Waals surface area (Å²) in [5.41, 5.74) is 2.57. The maximum absolute atomic E-state index is 10.1. The highest BCUT2D eigenvalue weighted by atomic mass is 16.3. The van der Waals surface area contributed by atoms with E-state index in [1.165, 1.54) is 0 Å². The molecule has 2 aromatic carbocycles. The van der Waals surface area contributed by atoms with Gasteiger partial charge < -0.3 is 20.2 Å². The first-order chi connectivity index (χ1) is 12.6. The number of phenolic OH excluding ortho intramolecular Hbond substituents is 1. The fourth-order valence-corrected chi connectivity index (χ4v) is 3.25. The zero-order valence-electron chi connectivity index (χ0n) is 15.1. The van der Waals surface area contributed by atoms with Crippen LogP contribution in [0.15, 0.2) is 42.5 Å². The molecular formula is C20H23N5O. The van der Waals surface area contributed by atoms with Crippen LogP contribution in [0.5, 0.6) is 5.75 Å². The maximum Gasteiger partial charge on any atom is 0.229 e. The lowest BCUT2D eigenvalue weighted by molar-refractivity contribution is 0.312. The van der Waals surface area contributed by atoms with E-state index in [0.29, 0.717) is 11.6 Å². The van der Waals surface area contributed by atoms with Crippen LogP contribution in [0.3, 0.4) is 0 Å².